The van der Waals surface area contributed by atoms with Gasteiger partial charge in [0.1, 0.15) is 24.1 Å². The Labute approximate surface area is 210 Å². The lowest BCUT2D eigenvalue weighted by molar-refractivity contribution is -0.149. The fourth-order valence-corrected chi connectivity index (χ4v) is 4.79. The van der Waals surface area contributed by atoms with Gasteiger partial charge < -0.3 is 19.1 Å². The molecule has 36 heavy (non-hydrogen) atoms. The number of aromatic amines is 1. The van der Waals surface area contributed by atoms with E-state index in [9.17, 15) is 24.1 Å². The number of H-pyrrole nitrogens is 1. The summed E-state index contributed by atoms with van der Waals surface area (Å²) in [5, 5.41) is 13.2. The number of para-hydroxylation sites is 1. The maximum atomic E-state index is 13.8. The van der Waals surface area contributed by atoms with E-state index in [1.807, 2.05) is 0 Å². The topological polar surface area (TPSA) is 158 Å². The maximum Gasteiger partial charge on any atom is 0.459 e. The summed E-state index contributed by atoms with van der Waals surface area (Å²) >= 11 is 0. The minimum absolute atomic E-state index is 0.0537. The summed E-state index contributed by atoms with van der Waals surface area (Å²) in [5.41, 5.74) is -1.21. The molecule has 1 fully saturated rings. The average Bonchev–Trinajstić information content (AvgIpc) is 3.11. The van der Waals surface area contributed by atoms with Crippen molar-refractivity contribution in [1.29, 1.82) is 0 Å². The molecule has 1 saturated heterocycles. The largest absolute Gasteiger partial charge is 0.462 e. The number of aliphatic hydroxyl groups excluding tert-OH is 1. The zero-order valence-electron chi connectivity index (χ0n) is 22.5. The van der Waals surface area contributed by atoms with E-state index in [2.05, 4.69) is 10.1 Å². The number of nitrogens with zero attached hydrogens (tertiary/aromatic N) is 1. The normalized spacial score (nSPS) is 25.5. The van der Waals surface area contributed by atoms with Crippen LogP contribution in [0, 0.1) is 12.8 Å². The monoisotopic (exact) mass is 527 g/mol. The summed E-state index contributed by atoms with van der Waals surface area (Å²) in [4.78, 5) is 38.6. The molecule has 0 bridgehead atoms. The van der Waals surface area contributed by atoms with Gasteiger partial charge in [0, 0.05) is 17.7 Å². The number of aryl methyl sites for hydroxylation is 1. The van der Waals surface area contributed by atoms with E-state index >= 15 is 0 Å². The van der Waals surface area contributed by atoms with E-state index in [-0.39, 0.29) is 11.3 Å². The Balaban J connectivity index is 1.90. The average molecular weight is 528 g/mol. The van der Waals surface area contributed by atoms with Crippen LogP contribution in [-0.4, -0.2) is 51.5 Å². The highest BCUT2D eigenvalue weighted by Crippen LogP contribution is 2.46. The maximum absolute atomic E-state index is 13.8. The van der Waals surface area contributed by atoms with Gasteiger partial charge in [-0.1, -0.05) is 25.1 Å². The van der Waals surface area contributed by atoms with Crippen LogP contribution in [0.2, 0.25) is 0 Å². The van der Waals surface area contributed by atoms with Crippen LogP contribution in [0.15, 0.2) is 46.1 Å². The summed E-state index contributed by atoms with van der Waals surface area (Å²) in [6.07, 6.45) is -3.68. The van der Waals surface area contributed by atoms with E-state index in [4.69, 9.17) is 21.3 Å². The van der Waals surface area contributed by atoms with Crippen LogP contribution in [0.3, 0.4) is 0 Å². The molecule has 1 aromatic heterocycles. The van der Waals surface area contributed by atoms with Crippen molar-refractivity contribution >= 4 is 13.7 Å². The van der Waals surface area contributed by atoms with Crippen molar-refractivity contribution in [3.05, 3.63) is 62.9 Å². The predicted molar refractivity (Wildman–Crippen MR) is 130 cm³/mol. The van der Waals surface area contributed by atoms with Crippen molar-refractivity contribution in [3.8, 4) is 5.75 Å². The third kappa shape index (κ3) is 6.71. The molecule has 1 aliphatic rings. The molecule has 3 rings (SSSR count). The van der Waals surface area contributed by atoms with Crippen molar-refractivity contribution in [1.82, 2.24) is 14.6 Å². The highest BCUT2D eigenvalue weighted by atomic mass is 31.2. The van der Waals surface area contributed by atoms with Gasteiger partial charge in [0.05, 0.1) is 21.5 Å². The quantitative estimate of drug-likeness (QED) is 0.308. The fraction of sp³-hybridized carbons (Fsp3) is 0.522. The molecule has 0 spiro atoms. The zero-order chi connectivity index (χ0) is 28.4. The highest BCUT2D eigenvalue weighted by molar-refractivity contribution is 7.52. The van der Waals surface area contributed by atoms with Crippen molar-refractivity contribution in [3.63, 3.8) is 0 Å². The number of ether oxygens (including phenoxy) is 2. The van der Waals surface area contributed by atoms with Gasteiger partial charge in [-0.15, -0.1) is 0 Å². The van der Waals surface area contributed by atoms with E-state index in [0.717, 1.165) is 4.57 Å². The first-order valence-electron chi connectivity index (χ1n) is 12.3. The van der Waals surface area contributed by atoms with E-state index in [1.165, 1.54) is 39.1 Å². The molecule has 0 radical (unpaired) electrons. The smallest absolute Gasteiger partial charge is 0.459 e. The van der Waals surface area contributed by atoms with Crippen LogP contribution in [0.5, 0.6) is 5.75 Å². The highest BCUT2D eigenvalue weighted by Gasteiger charge is 2.44. The van der Waals surface area contributed by atoms with Gasteiger partial charge in [-0.05, 0) is 39.8 Å². The second-order valence-corrected chi connectivity index (χ2v) is 10.3. The summed E-state index contributed by atoms with van der Waals surface area (Å²) in [6, 6.07) is 6.53. The van der Waals surface area contributed by atoms with Gasteiger partial charge in [-0.3, -0.25) is 23.7 Å². The summed E-state index contributed by atoms with van der Waals surface area (Å²) in [7, 11) is -4.66. The van der Waals surface area contributed by atoms with E-state index < -0.39 is 68.0 Å². The number of aromatic nitrogens is 2. The van der Waals surface area contributed by atoms with Gasteiger partial charge in [0.25, 0.3) is 5.56 Å². The van der Waals surface area contributed by atoms with Crippen molar-refractivity contribution < 1.29 is 35.7 Å². The molecule has 2 heterocycles. The Morgan fingerprint density at radius 2 is 1.97 bits per heavy atom. The fourth-order valence-electron chi connectivity index (χ4n) is 3.43. The molecular formula is C23H32N3O9P. The number of hydrogen-bond acceptors (Lipinski definition) is 9. The number of esters is 1. The number of hydrogen-bond donors (Lipinski definition) is 3. The van der Waals surface area contributed by atoms with Crippen molar-refractivity contribution in [2.45, 2.75) is 65.2 Å². The molecular weight excluding hydrogens is 493 g/mol. The first-order valence-corrected chi connectivity index (χ1v) is 12.9. The molecule has 12 nitrogen and oxygen atoms in total. The van der Waals surface area contributed by atoms with Crippen molar-refractivity contribution in [2.24, 2.45) is 5.92 Å². The predicted octanol–water partition coefficient (Wildman–Crippen LogP) is 1.87. The summed E-state index contributed by atoms with van der Waals surface area (Å²) in [6.45, 7) is 4.63. The Morgan fingerprint density at radius 1 is 1.31 bits per heavy atom. The molecule has 198 valence electrons. The first kappa shape index (κ1) is 24.9. The lowest BCUT2D eigenvalue weighted by Gasteiger charge is -2.25. The van der Waals surface area contributed by atoms with Crippen LogP contribution in [0.1, 0.15) is 42.2 Å². The van der Waals surface area contributed by atoms with Gasteiger partial charge in [-0.25, -0.2) is 9.36 Å². The molecule has 2 aromatic rings. The molecule has 1 aliphatic heterocycles. The number of carbonyl (C=O) groups excluding carboxylic acids is 1. The summed E-state index contributed by atoms with van der Waals surface area (Å²) in [5.74, 6) is -1.57. The number of benzene rings is 1. The molecule has 3 N–H and O–H groups in total. The Kier molecular flexibility index (Phi) is 7.98. The summed E-state index contributed by atoms with van der Waals surface area (Å²) < 4.78 is 53.5. The van der Waals surface area contributed by atoms with Gasteiger partial charge in [0.2, 0.25) is 0 Å². The SMILES string of the molecule is [2H]C([2H])(O[P@](=O)(N[C@@H](C)C(=O)OC(C)C)Oc1ccccc1)[C@@H]1O[C@H](n2cc(C)c(=O)[nH]c2=O)[C@H](C)C1O. The van der Waals surface area contributed by atoms with Gasteiger partial charge in [0.15, 0.2) is 0 Å². The van der Waals surface area contributed by atoms with E-state index in [1.54, 1.807) is 32.0 Å². The van der Waals surface area contributed by atoms with Crippen LogP contribution >= 0.6 is 7.75 Å². The third-order valence-electron chi connectivity index (χ3n) is 5.32. The van der Waals surface area contributed by atoms with Gasteiger partial charge >= 0.3 is 19.4 Å². The van der Waals surface area contributed by atoms with Crippen LogP contribution in [0.25, 0.3) is 0 Å². The molecule has 0 aliphatic carbocycles. The van der Waals surface area contributed by atoms with Crippen LogP contribution in [-0.2, 0) is 23.4 Å². The minimum atomic E-state index is -4.66. The molecule has 13 heteroatoms. The standard InChI is InChI=1S/C23H32N3O9P/c1-13(2)33-22(29)16(5)25-36(31,35-17-9-7-6-8-10-17)32-12-18-19(27)15(4)21(34-18)26-11-14(3)20(28)24-23(26)30/h6-11,13,15-16,18-19,21,27H,12H2,1-5H3,(H,25,31)(H,24,28,30)/t15-,16+,18+,19?,21+,36-/m1/s1/i12D2. The Bertz CT molecular complexity index is 1300. The molecule has 1 aromatic carbocycles. The van der Waals surface area contributed by atoms with E-state index in [0.29, 0.717) is 0 Å². The second-order valence-electron chi connectivity index (χ2n) is 8.72. The Hall–Kier alpha value is -2.76. The number of carbonyl (C=O) groups is 1. The number of nitrogens with one attached hydrogen (secondary N) is 2. The number of aliphatic hydroxyl groups is 1. The lowest BCUT2D eigenvalue weighted by atomic mass is 10.0. The molecule has 0 saturated carbocycles. The molecule has 1 unspecified atom stereocenters. The van der Waals surface area contributed by atoms with Gasteiger partial charge in [-0.2, -0.15) is 5.09 Å². The zero-order valence-corrected chi connectivity index (χ0v) is 21.4. The first-order chi connectivity index (χ1) is 17.6. The van der Waals surface area contributed by atoms with Crippen LogP contribution < -0.4 is 20.9 Å². The second kappa shape index (κ2) is 11.5. The lowest BCUT2D eigenvalue weighted by Crippen LogP contribution is -2.37. The van der Waals surface area contributed by atoms with Crippen molar-refractivity contribution in [2.75, 3.05) is 6.56 Å². The third-order valence-corrected chi connectivity index (χ3v) is 6.82. The van der Waals surface area contributed by atoms with Crippen LogP contribution in [0.4, 0.5) is 0 Å². The molecule has 0 amide bonds. The Morgan fingerprint density at radius 3 is 2.61 bits per heavy atom. The number of rotatable bonds is 10. The molecule has 6 atom stereocenters. The minimum Gasteiger partial charge on any atom is -0.462 e.